The summed E-state index contributed by atoms with van der Waals surface area (Å²) < 4.78 is 5.41. The molecule has 25 heteroatoms. The largest absolute Gasteiger partial charge is 0.469 e. The number of hydrogen-bond donors (Lipinski definition) is 11. The predicted octanol–water partition coefficient (Wildman–Crippen LogP) is -1.20. The van der Waals surface area contributed by atoms with E-state index in [-0.39, 0.29) is 50.1 Å². The maximum Gasteiger partial charge on any atom is 0.245 e. The molecule has 0 saturated carbocycles. The van der Waals surface area contributed by atoms with Crippen LogP contribution in [0.2, 0.25) is 0 Å². The van der Waals surface area contributed by atoms with E-state index in [1.54, 1.807) is 60.6 Å². The van der Waals surface area contributed by atoms with Crippen molar-refractivity contribution in [3.63, 3.8) is 0 Å². The van der Waals surface area contributed by atoms with Crippen LogP contribution in [0.1, 0.15) is 126 Å². The lowest BCUT2D eigenvalue weighted by molar-refractivity contribution is -0.142. The summed E-state index contributed by atoms with van der Waals surface area (Å²) in [6.45, 7) is 16.9. The number of nitrogens with one attached hydrogen (secondary N) is 8. The molecule has 0 unspecified atom stereocenters. The summed E-state index contributed by atoms with van der Waals surface area (Å²) in [5.74, 6) is -7.91. The second-order valence-electron chi connectivity index (χ2n) is 19.9. The highest BCUT2D eigenvalue weighted by Crippen LogP contribution is 2.21. The second kappa shape index (κ2) is 32.6. The van der Waals surface area contributed by atoms with Crippen molar-refractivity contribution in [2.24, 2.45) is 34.2 Å². The highest BCUT2D eigenvalue weighted by molar-refractivity contribution is 5.98. The molecule has 11 atom stereocenters. The van der Waals surface area contributed by atoms with Gasteiger partial charge in [0, 0.05) is 40.0 Å². The summed E-state index contributed by atoms with van der Waals surface area (Å²) in [6, 6.07) is -6.54. The molecule has 0 aromatic carbocycles. The number of hydrogen-bond acceptors (Lipinski definition) is 13. The van der Waals surface area contributed by atoms with Gasteiger partial charge in [0.1, 0.15) is 54.1 Å². The molecule has 1 aromatic rings. The van der Waals surface area contributed by atoms with Crippen LogP contribution in [0, 0.1) is 17.8 Å². The minimum absolute atomic E-state index is 0.0738. The SMILES string of the molecule is CCC[C@H](NC(=O)[C@@H](NC(=O)[C@H](NC(=O)[C@@H](NC(=O)[C@H](Cc1ccco1)NC(=O)CN(C)C(C)=O)C(C)C)[C@@H](C)CC)[C@@H](C)O)C(=O)N[C@H](C(=O)N[C@@H](CCCN=C(N)N)C(=O)N1CCC[C@H]1C(=O)NCC)[C@@H](C)CC. The van der Waals surface area contributed by atoms with Gasteiger partial charge in [-0.15, -0.1) is 0 Å². The van der Waals surface area contributed by atoms with Gasteiger partial charge < -0.3 is 73.3 Å². The minimum atomic E-state index is -1.65. The van der Waals surface area contributed by atoms with Crippen molar-refractivity contribution in [3.05, 3.63) is 24.2 Å². The van der Waals surface area contributed by atoms with Crippen molar-refractivity contribution in [1.82, 2.24) is 52.3 Å². The Hall–Kier alpha value is -6.79. The molecule has 76 heavy (non-hydrogen) atoms. The molecule has 428 valence electrons. The van der Waals surface area contributed by atoms with E-state index in [4.69, 9.17) is 15.9 Å². The van der Waals surface area contributed by atoms with Gasteiger partial charge in [-0.05, 0) is 75.8 Å². The molecule has 1 aliphatic heterocycles. The third kappa shape index (κ3) is 20.7. The maximum atomic E-state index is 14.2. The number of likely N-dealkylation sites (N-methyl/N-ethyl adjacent to an activating group) is 2. The Balaban J connectivity index is 2.34. The van der Waals surface area contributed by atoms with E-state index in [1.165, 1.54) is 32.1 Å². The van der Waals surface area contributed by atoms with Gasteiger partial charge in [-0.3, -0.25) is 52.9 Å². The molecule has 0 bridgehead atoms. The molecule has 2 rings (SSSR count). The number of aliphatic imine (C=N–C) groups is 1. The first-order chi connectivity index (χ1) is 35.8. The van der Waals surface area contributed by atoms with Crippen molar-refractivity contribution in [1.29, 1.82) is 0 Å². The molecule has 1 saturated heterocycles. The van der Waals surface area contributed by atoms with Gasteiger partial charge >= 0.3 is 0 Å². The molecule has 1 aliphatic rings. The molecular formula is C51H87N13O12. The number of aliphatic hydroxyl groups excluding tert-OH is 1. The smallest absolute Gasteiger partial charge is 0.245 e. The molecule has 2 heterocycles. The molecule has 1 fully saturated rings. The molecule has 25 nitrogen and oxygen atoms in total. The normalized spacial score (nSPS) is 17.1. The predicted molar refractivity (Wildman–Crippen MR) is 283 cm³/mol. The molecule has 0 aliphatic carbocycles. The van der Waals surface area contributed by atoms with Gasteiger partial charge in [0.15, 0.2) is 5.96 Å². The van der Waals surface area contributed by atoms with E-state index >= 15 is 0 Å². The Morgan fingerprint density at radius 1 is 0.737 bits per heavy atom. The Labute approximate surface area is 446 Å². The average Bonchev–Trinajstić information content (AvgIpc) is 4.08. The fourth-order valence-electron chi connectivity index (χ4n) is 8.38. The minimum Gasteiger partial charge on any atom is -0.469 e. The van der Waals surface area contributed by atoms with Crippen molar-refractivity contribution in [2.75, 3.05) is 33.2 Å². The monoisotopic (exact) mass is 1070 g/mol. The van der Waals surface area contributed by atoms with Crippen LogP contribution in [0.15, 0.2) is 27.8 Å². The summed E-state index contributed by atoms with van der Waals surface area (Å²) >= 11 is 0. The van der Waals surface area contributed by atoms with Crippen molar-refractivity contribution < 1.29 is 57.5 Å². The standard InChI is InChI=1S/C51H87N13O12/c1-12-19-34(43(68)60-40(29(7)13-2)47(72)58-35(21-16-23-55-51(52)53)50(75)64-24-17-22-37(64)45(70)54-15-4)57-49(74)42(31(9)65)62-48(73)41(30(8)14-3)61-46(71)39(28(5)6)59-44(69)36(26-33-20-18-25-76-33)56-38(67)27-63(11)32(10)66/h18,20,25,28-31,34-37,39-42,65H,12-17,19,21-24,26-27H2,1-11H3,(H,54,70)(H,56,67)(H,57,74)(H,58,72)(H,59,69)(H,60,68)(H,61,71)(H,62,73)(H4,52,53,55)/t29-,30-,31+,34-,35-,36-,37-,39-,40-,41+,42-/m0/s1. The number of guanidine groups is 1. The third-order valence-electron chi connectivity index (χ3n) is 13.4. The van der Waals surface area contributed by atoms with Crippen LogP contribution < -0.4 is 54.0 Å². The zero-order valence-corrected chi connectivity index (χ0v) is 46.3. The number of likely N-dealkylation sites (tertiary alicyclic amines) is 1. The fourth-order valence-corrected chi connectivity index (χ4v) is 8.38. The van der Waals surface area contributed by atoms with Crippen LogP contribution in [0.25, 0.3) is 0 Å². The van der Waals surface area contributed by atoms with Crippen LogP contribution in [0.3, 0.4) is 0 Å². The highest BCUT2D eigenvalue weighted by Gasteiger charge is 2.40. The number of furan rings is 1. The lowest BCUT2D eigenvalue weighted by Crippen LogP contribution is -2.63. The molecule has 1 aromatic heterocycles. The van der Waals surface area contributed by atoms with E-state index in [2.05, 4.69) is 47.5 Å². The van der Waals surface area contributed by atoms with Gasteiger partial charge in [-0.25, -0.2) is 0 Å². The number of carbonyl (C=O) groups excluding carboxylic acids is 10. The number of rotatable bonds is 32. The van der Waals surface area contributed by atoms with E-state index in [1.807, 2.05) is 6.92 Å². The van der Waals surface area contributed by atoms with Crippen LogP contribution in [0.4, 0.5) is 0 Å². The fraction of sp³-hybridized carbons (Fsp3) is 0.706. The summed E-state index contributed by atoms with van der Waals surface area (Å²) in [5, 5.41) is 32.4. The maximum absolute atomic E-state index is 14.2. The van der Waals surface area contributed by atoms with Crippen LogP contribution in [-0.4, -0.2) is 168 Å². The Kier molecular flexibility index (Phi) is 28.0. The summed E-state index contributed by atoms with van der Waals surface area (Å²) in [4.78, 5) is 143. The van der Waals surface area contributed by atoms with Gasteiger partial charge in [0.25, 0.3) is 0 Å². The van der Waals surface area contributed by atoms with E-state index in [0.717, 1.165) is 4.90 Å². The zero-order chi connectivity index (χ0) is 57.4. The van der Waals surface area contributed by atoms with Gasteiger partial charge in [0.2, 0.25) is 59.1 Å². The van der Waals surface area contributed by atoms with Gasteiger partial charge in [0.05, 0.1) is 18.9 Å². The lowest BCUT2D eigenvalue weighted by atomic mass is 9.95. The Morgan fingerprint density at radius 3 is 1.80 bits per heavy atom. The van der Waals surface area contributed by atoms with Crippen molar-refractivity contribution in [3.8, 4) is 0 Å². The average molecular weight is 1070 g/mol. The topological polar surface area (TPSA) is 371 Å². The molecule has 13 N–H and O–H groups in total. The quantitative estimate of drug-likeness (QED) is 0.0230. The van der Waals surface area contributed by atoms with Crippen molar-refractivity contribution in [2.45, 2.75) is 181 Å². The summed E-state index contributed by atoms with van der Waals surface area (Å²) in [5.41, 5.74) is 11.0. The van der Waals surface area contributed by atoms with E-state index < -0.39 is 119 Å². The van der Waals surface area contributed by atoms with E-state index in [9.17, 15) is 53.1 Å². The number of amides is 10. The van der Waals surface area contributed by atoms with Crippen molar-refractivity contribution >= 4 is 65.0 Å². The second-order valence-corrected chi connectivity index (χ2v) is 19.9. The first kappa shape index (κ1) is 65.3. The Bertz CT molecular complexity index is 2130. The number of carbonyl (C=O) groups is 10. The number of aliphatic hydroxyl groups is 1. The van der Waals surface area contributed by atoms with Crippen LogP contribution in [-0.2, 0) is 54.4 Å². The van der Waals surface area contributed by atoms with Gasteiger partial charge in [-0.2, -0.15) is 0 Å². The summed E-state index contributed by atoms with van der Waals surface area (Å²) in [6.07, 6.45) is 2.43. The highest BCUT2D eigenvalue weighted by atomic mass is 16.3. The van der Waals surface area contributed by atoms with Crippen LogP contribution >= 0.6 is 0 Å². The first-order valence-electron chi connectivity index (χ1n) is 26.5. The first-order valence-corrected chi connectivity index (χ1v) is 26.5. The number of nitrogens with two attached hydrogens (primary N) is 2. The van der Waals surface area contributed by atoms with Crippen LogP contribution in [0.5, 0.6) is 0 Å². The molecular weight excluding hydrogens is 987 g/mol. The zero-order valence-electron chi connectivity index (χ0n) is 46.3. The van der Waals surface area contributed by atoms with Gasteiger partial charge in [-0.1, -0.05) is 67.7 Å². The molecule has 10 amide bonds. The summed E-state index contributed by atoms with van der Waals surface area (Å²) in [7, 11) is 1.42. The lowest BCUT2D eigenvalue weighted by Gasteiger charge is -2.32. The molecule has 0 radical (unpaired) electrons. The Morgan fingerprint density at radius 2 is 1.28 bits per heavy atom. The molecule has 0 spiro atoms. The number of nitrogens with zero attached hydrogens (tertiary/aromatic N) is 3. The third-order valence-corrected chi connectivity index (χ3v) is 13.4. The van der Waals surface area contributed by atoms with E-state index in [0.29, 0.717) is 57.4 Å².